The standard InChI is InChI=1S/C21H21ClN4O4S/c1-14-17(22)5-6-18-19(14)23-21(31-18)25(8-7-24-9-11-30-12-10-24)20(27)15-3-2-4-16(13-15)26(28)29/h2-6,13H,7-12H2,1H3. The Morgan fingerprint density at radius 2 is 2.10 bits per heavy atom. The van der Waals surface area contributed by atoms with Crippen molar-refractivity contribution in [3.63, 3.8) is 0 Å². The van der Waals surface area contributed by atoms with Crippen molar-refractivity contribution < 1.29 is 14.5 Å². The van der Waals surface area contributed by atoms with Crippen LogP contribution < -0.4 is 4.90 Å². The SMILES string of the molecule is Cc1c(Cl)ccc2sc(N(CCN3CCOCC3)C(=O)c3cccc([N+](=O)[O-])c3)nc12. The Bertz CT molecular complexity index is 1130. The van der Waals surface area contributed by atoms with E-state index < -0.39 is 4.92 Å². The number of nitro benzene ring substituents is 1. The normalized spacial score (nSPS) is 14.6. The van der Waals surface area contributed by atoms with Gasteiger partial charge in [-0.1, -0.05) is 29.0 Å². The van der Waals surface area contributed by atoms with Gasteiger partial charge in [-0.25, -0.2) is 4.98 Å². The zero-order valence-electron chi connectivity index (χ0n) is 16.9. The van der Waals surface area contributed by atoms with E-state index in [0.717, 1.165) is 28.9 Å². The highest BCUT2D eigenvalue weighted by Crippen LogP contribution is 2.34. The van der Waals surface area contributed by atoms with Crippen molar-refractivity contribution in [3.05, 3.63) is 62.7 Å². The number of hydrogen-bond acceptors (Lipinski definition) is 7. The maximum absolute atomic E-state index is 13.4. The van der Waals surface area contributed by atoms with E-state index in [4.69, 9.17) is 21.3 Å². The van der Waals surface area contributed by atoms with Crippen molar-refractivity contribution in [3.8, 4) is 0 Å². The number of carbonyl (C=O) groups excluding carboxylic acids is 1. The number of rotatable bonds is 6. The van der Waals surface area contributed by atoms with Crippen LogP contribution >= 0.6 is 22.9 Å². The van der Waals surface area contributed by atoms with Crippen LogP contribution in [0.3, 0.4) is 0 Å². The molecule has 1 saturated heterocycles. The van der Waals surface area contributed by atoms with E-state index in [2.05, 4.69) is 4.90 Å². The predicted octanol–water partition coefficient (Wildman–Crippen LogP) is 4.15. The summed E-state index contributed by atoms with van der Waals surface area (Å²) in [6.45, 7) is 5.89. The summed E-state index contributed by atoms with van der Waals surface area (Å²) >= 11 is 7.65. The number of halogens is 1. The van der Waals surface area contributed by atoms with Crippen molar-refractivity contribution in [2.75, 3.05) is 44.3 Å². The average molecular weight is 461 g/mol. The van der Waals surface area contributed by atoms with Crippen LogP contribution in [0.2, 0.25) is 5.02 Å². The second kappa shape index (κ2) is 9.27. The Morgan fingerprint density at radius 3 is 2.84 bits per heavy atom. The van der Waals surface area contributed by atoms with Gasteiger partial charge in [-0.05, 0) is 30.7 Å². The number of nitrogens with zero attached hydrogens (tertiary/aromatic N) is 4. The number of aryl methyl sites for hydroxylation is 1. The van der Waals surface area contributed by atoms with Crippen LogP contribution in [0.5, 0.6) is 0 Å². The van der Waals surface area contributed by atoms with Gasteiger partial charge >= 0.3 is 0 Å². The van der Waals surface area contributed by atoms with Crippen LogP contribution in [0.4, 0.5) is 10.8 Å². The average Bonchev–Trinajstić information content (AvgIpc) is 3.22. The maximum Gasteiger partial charge on any atom is 0.270 e. The second-order valence-corrected chi connectivity index (χ2v) is 8.65. The molecule has 4 rings (SSSR count). The van der Waals surface area contributed by atoms with Crippen molar-refractivity contribution in [2.24, 2.45) is 0 Å². The summed E-state index contributed by atoms with van der Waals surface area (Å²) in [6.07, 6.45) is 0. The van der Waals surface area contributed by atoms with E-state index in [1.807, 2.05) is 19.1 Å². The summed E-state index contributed by atoms with van der Waals surface area (Å²) in [5, 5.41) is 12.3. The number of anilines is 1. The maximum atomic E-state index is 13.4. The molecule has 10 heteroatoms. The zero-order chi connectivity index (χ0) is 22.0. The van der Waals surface area contributed by atoms with Gasteiger partial charge in [0, 0.05) is 48.9 Å². The summed E-state index contributed by atoms with van der Waals surface area (Å²) in [5.41, 5.74) is 1.75. The third-order valence-corrected chi connectivity index (χ3v) is 6.71. The van der Waals surface area contributed by atoms with Crippen LogP contribution in [0.1, 0.15) is 15.9 Å². The number of amides is 1. The van der Waals surface area contributed by atoms with Gasteiger partial charge in [-0.15, -0.1) is 0 Å². The van der Waals surface area contributed by atoms with Gasteiger partial charge in [-0.2, -0.15) is 0 Å². The zero-order valence-corrected chi connectivity index (χ0v) is 18.5. The predicted molar refractivity (Wildman–Crippen MR) is 121 cm³/mol. The molecule has 0 unspecified atom stereocenters. The van der Waals surface area contributed by atoms with Gasteiger partial charge in [0.1, 0.15) is 0 Å². The van der Waals surface area contributed by atoms with Gasteiger partial charge in [0.05, 0.1) is 28.4 Å². The fourth-order valence-corrected chi connectivity index (χ4v) is 4.66. The number of ether oxygens (including phenoxy) is 1. The molecule has 8 nitrogen and oxygen atoms in total. The van der Waals surface area contributed by atoms with E-state index in [1.165, 1.54) is 29.5 Å². The Morgan fingerprint density at radius 1 is 1.32 bits per heavy atom. The fraction of sp³-hybridized carbons (Fsp3) is 0.333. The fourth-order valence-electron chi connectivity index (χ4n) is 3.46. The minimum absolute atomic E-state index is 0.120. The van der Waals surface area contributed by atoms with Crippen LogP contribution in [0, 0.1) is 17.0 Å². The number of non-ortho nitro benzene ring substituents is 1. The number of benzene rings is 2. The smallest absolute Gasteiger partial charge is 0.270 e. The topological polar surface area (TPSA) is 88.8 Å². The van der Waals surface area contributed by atoms with Crippen molar-refractivity contribution in [1.29, 1.82) is 0 Å². The number of aromatic nitrogens is 1. The molecule has 0 N–H and O–H groups in total. The Kier molecular flexibility index (Phi) is 6.47. The van der Waals surface area contributed by atoms with Crippen LogP contribution in [0.25, 0.3) is 10.2 Å². The minimum Gasteiger partial charge on any atom is -0.379 e. The molecule has 0 aliphatic carbocycles. The molecule has 0 bridgehead atoms. The lowest BCUT2D eigenvalue weighted by Gasteiger charge is -2.29. The Balaban J connectivity index is 1.68. The number of fused-ring (bicyclic) bond motifs is 1. The highest BCUT2D eigenvalue weighted by atomic mass is 35.5. The molecule has 0 saturated carbocycles. The van der Waals surface area contributed by atoms with Gasteiger partial charge in [0.25, 0.3) is 11.6 Å². The monoisotopic (exact) mass is 460 g/mol. The molecule has 0 spiro atoms. The summed E-state index contributed by atoms with van der Waals surface area (Å²) in [5.74, 6) is -0.320. The first-order chi connectivity index (χ1) is 14.9. The molecule has 0 radical (unpaired) electrons. The lowest BCUT2D eigenvalue weighted by molar-refractivity contribution is -0.384. The molecule has 1 fully saturated rings. The van der Waals surface area contributed by atoms with Gasteiger partial charge in [-0.3, -0.25) is 24.7 Å². The highest BCUT2D eigenvalue weighted by molar-refractivity contribution is 7.22. The van der Waals surface area contributed by atoms with Crippen LogP contribution in [0.15, 0.2) is 36.4 Å². The third kappa shape index (κ3) is 4.69. The molecule has 2 aromatic carbocycles. The van der Waals surface area contributed by atoms with E-state index in [-0.39, 0.29) is 17.2 Å². The molecule has 1 amide bonds. The summed E-state index contributed by atoms with van der Waals surface area (Å²) in [7, 11) is 0. The van der Waals surface area contributed by atoms with Crippen molar-refractivity contribution >= 4 is 49.9 Å². The summed E-state index contributed by atoms with van der Waals surface area (Å²) < 4.78 is 6.33. The Labute approximate surface area is 188 Å². The van der Waals surface area contributed by atoms with Crippen molar-refractivity contribution in [2.45, 2.75) is 6.92 Å². The summed E-state index contributed by atoms with van der Waals surface area (Å²) in [4.78, 5) is 32.6. The first kappa shape index (κ1) is 21.6. The van der Waals surface area contributed by atoms with E-state index >= 15 is 0 Å². The molecule has 162 valence electrons. The van der Waals surface area contributed by atoms with E-state index in [9.17, 15) is 14.9 Å². The number of nitro groups is 1. The number of carbonyl (C=O) groups is 1. The number of morpholine rings is 1. The molecule has 1 aromatic heterocycles. The molecule has 1 aliphatic rings. The number of thiazole rings is 1. The van der Waals surface area contributed by atoms with Gasteiger partial charge in [0.15, 0.2) is 5.13 Å². The first-order valence-corrected chi connectivity index (χ1v) is 11.1. The first-order valence-electron chi connectivity index (χ1n) is 9.86. The van der Waals surface area contributed by atoms with Crippen LogP contribution in [-0.4, -0.2) is 60.1 Å². The van der Waals surface area contributed by atoms with Crippen LogP contribution in [-0.2, 0) is 4.74 Å². The minimum atomic E-state index is -0.502. The summed E-state index contributed by atoms with van der Waals surface area (Å²) in [6, 6.07) is 9.50. The molecular formula is C21H21ClN4O4S. The third-order valence-electron chi connectivity index (χ3n) is 5.26. The Hall–Kier alpha value is -2.59. The molecule has 31 heavy (non-hydrogen) atoms. The highest BCUT2D eigenvalue weighted by Gasteiger charge is 2.24. The van der Waals surface area contributed by atoms with Crippen molar-refractivity contribution in [1.82, 2.24) is 9.88 Å². The molecule has 0 atom stereocenters. The lowest BCUT2D eigenvalue weighted by Crippen LogP contribution is -2.43. The molecule has 2 heterocycles. The molecular weight excluding hydrogens is 440 g/mol. The van der Waals surface area contributed by atoms with Gasteiger partial charge < -0.3 is 4.74 Å². The number of hydrogen-bond donors (Lipinski definition) is 0. The second-order valence-electron chi connectivity index (χ2n) is 7.23. The quantitative estimate of drug-likeness (QED) is 0.405. The largest absolute Gasteiger partial charge is 0.379 e. The van der Waals surface area contributed by atoms with E-state index in [0.29, 0.717) is 36.5 Å². The van der Waals surface area contributed by atoms with E-state index in [1.54, 1.807) is 11.0 Å². The molecule has 1 aliphatic heterocycles. The molecule has 3 aromatic rings. The van der Waals surface area contributed by atoms with Gasteiger partial charge in [0.2, 0.25) is 0 Å². The lowest BCUT2D eigenvalue weighted by atomic mass is 10.2.